The summed E-state index contributed by atoms with van der Waals surface area (Å²) in [6.07, 6.45) is 0. The van der Waals surface area contributed by atoms with Crippen molar-refractivity contribution in [2.24, 2.45) is 4.99 Å². The number of benzene rings is 2. The number of methoxy groups -OCH3 is 1. The number of amides is 1. The fourth-order valence-electron chi connectivity index (χ4n) is 3.48. The van der Waals surface area contributed by atoms with E-state index in [4.69, 9.17) is 9.47 Å². The number of nitrogens with one attached hydrogen (secondary N) is 2. The Morgan fingerprint density at radius 1 is 1.09 bits per heavy atom. The van der Waals surface area contributed by atoms with Crippen LogP contribution in [0.3, 0.4) is 0 Å². The molecule has 1 saturated heterocycles. The van der Waals surface area contributed by atoms with E-state index in [1.54, 1.807) is 7.11 Å². The molecule has 2 N–H and O–H groups in total. The Labute approximate surface area is 207 Å². The third kappa shape index (κ3) is 7.67. The number of carbonyl (C=O) groups is 1. The van der Waals surface area contributed by atoms with Crippen molar-refractivity contribution in [2.75, 3.05) is 46.5 Å². The van der Waals surface area contributed by atoms with Gasteiger partial charge in [0.05, 0.1) is 32.8 Å². The van der Waals surface area contributed by atoms with Crippen molar-refractivity contribution >= 4 is 35.8 Å². The molecule has 8 heteroatoms. The molecule has 0 spiro atoms. The van der Waals surface area contributed by atoms with Gasteiger partial charge in [-0.1, -0.05) is 42.5 Å². The maximum absolute atomic E-state index is 13.3. The highest BCUT2D eigenvalue weighted by atomic mass is 127. The number of halogens is 1. The van der Waals surface area contributed by atoms with Gasteiger partial charge in [-0.25, -0.2) is 4.99 Å². The average Bonchev–Trinajstić information content (AvgIpc) is 2.84. The highest BCUT2D eigenvalue weighted by Gasteiger charge is 2.27. The van der Waals surface area contributed by atoms with Crippen LogP contribution in [-0.4, -0.2) is 63.3 Å². The fraction of sp³-hybridized carbons (Fsp3) is 0.417. The summed E-state index contributed by atoms with van der Waals surface area (Å²) in [5, 5.41) is 6.64. The third-order valence-corrected chi connectivity index (χ3v) is 5.22. The van der Waals surface area contributed by atoms with Gasteiger partial charge in [-0.15, -0.1) is 24.0 Å². The van der Waals surface area contributed by atoms with E-state index in [1.165, 1.54) is 0 Å². The topological polar surface area (TPSA) is 75.2 Å². The quantitative estimate of drug-likeness (QED) is 0.299. The zero-order valence-corrected chi connectivity index (χ0v) is 21.1. The van der Waals surface area contributed by atoms with Crippen LogP contribution < -0.4 is 15.4 Å². The first kappa shape index (κ1) is 25.9. The minimum atomic E-state index is -0.288. The summed E-state index contributed by atoms with van der Waals surface area (Å²) in [5.41, 5.74) is 2.08. The van der Waals surface area contributed by atoms with Crippen LogP contribution in [0.25, 0.3) is 0 Å². The fourth-order valence-corrected chi connectivity index (χ4v) is 3.48. The van der Waals surface area contributed by atoms with Gasteiger partial charge in [-0.3, -0.25) is 4.79 Å². The summed E-state index contributed by atoms with van der Waals surface area (Å²) in [5.74, 6) is 1.34. The number of hydrogen-bond donors (Lipinski definition) is 2. The molecule has 2 aromatic carbocycles. The Bertz CT molecular complexity index is 840. The van der Waals surface area contributed by atoms with E-state index in [9.17, 15) is 4.79 Å². The number of morpholine rings is 1. The predicted octanol–water partition coefficient (Wildman–Crippen LogP) is 3.01. The normalized spacial score (nSPS) is 14.8. The van der Waals surface area contributed by atoms with E-state index in [2.05, 4.69) is 15.6 Å². The number of nitrogens with zero attached hydrogens (tertiary/aromatic N) is 2. The van der Waals surface area contributed by atoms with E-state index >= 15 is 0 Å². The largest absolute Gasteiger partial charge is 0.497 e. The Morgan fingerprint density at radius 3 is 2.41 bits per heavy atom. The molecule has 7 nitrogen and oxygen atoms in total. The number of carbonyl (C=O) groups excluding carboxylic acids is 1. The molecule has 0 aromatic heterocycles. The van der Waals surface area contributed by atoms with Crippen LogP contribution in [-0.2, 0) is 16.1 Å². The van der Waals surface area contributed by atoms with Crippen molar-refractivity contribution in [3.05, 3.63) is 65.7 Å². The van der Waals surface area contributed by atoms with Crippen LogP contribution in [0.4, 0.5) is 0 Å². The molecule has 1 aliphatic rings. The monoisotopic (exact) mass is 552 g/mol. The molecule has 2 aromatic rings. The maximum Gasteiger partial charge on any atom is 0.232 e. The summed E-state index contributed by atoms with van der Waals surface area (Å²) in [6, 6.07) is 17.8. The molecule has 3 rings (SSSR count). The molecule has 32 heavy (non-hydrogen) atoms. The van der Waals surface area contributed by atoms with Crippen LogP contribution in [0, 0.1) is 0 Å². The molecule has 174 valence electrons. The Hall–Kier alpha value is -2.33. The van der Waals surface area contributed by atoms with Gasteiger partial charge >= 0.3 is 0 Å². The van der Waals surface area contributed by atoms with Gasteiger partial charge in [0.25, 0.3) is 0 Å². The molecule has 0 aliphatic carbocycles. The summed E-state index contributed by atoms with van der Waals surface area (Å²) in [4.78, 5) is 19.8. The third-order valence-electron chi connectivity index (χ3n) is 5.22. The molecular weight excluding hydrogens is 519 g/mol. The Kier molecular flexibility index (Phi) is 11.3. The van der Waals surface area contributed by atoms with E-state index < -0.39 is 0 Å². The Morgan fingerprint density at radius 2 is 1.78 bits per heavy atom. The average molecular weight is 552 g/mol. The van der Waals surface area contributed by atoms with Crippen molar-refractivity contribution in [1.82, 2.24) is 15.5 Å². The first-order valence-corrected chi connectivity index (χ1v) is 10.8. The number of hydrogen-bond acceptors (Lipinski definition) is 4. The van der Waals surface area contributed by atoms with E-state index in [0.29, 0.717) is 45.4 Å². The maximum atomic E-state index is 13.3. The lowest BCUT2D eigenvalue weighted by Gasteiger charge is -2.31. The second-order valence-electron chi connectivity index (χ2n) is 7.33. The number of rotatable bonds is 8. The zero-order valence-electron chi connectivity index (χ0n) is 18.8. The van der Waals surface area contributed by atoms with Gasteiger partial charge in [-0.2, -0.15) is 0 Å². The Balaban J connectivity index is 0.00000363. The highest BCUT2D eigenvalue weighted by Crippen LogP contribution is 2.19. The van der Waals surface area contributed by atoms with Gasteiger partial charge in [0.1, 0.15) is 5.75 Å². The number of ether oxygens (including phenoxy) is 2. The van der Waals surface area contributed by atoms with Crippen molar-refractivity contribution in [3.8, 4) is 5.75 Å². The molecule has 1 atom stereocenters. The number of aliphatic imine (C=N–C) groups is 1. The van der Waals surface area contributed by atoms with Gasteiger partial charge in [0.2, 0.25) is 5.91 Å². The number of guanidine groups is 1. The molecule has 1 aliphatic heterocycles. The molecule has 1 heterocycles. The lowest BCUT2D eigenvalue weighted by molar-refractivity contribution is -0.136. The van der Waals surface area contributed by atoms with Crippen LogP contribution >= 0.6 is 24.0 Å². The molecule has 1 fully saturated rings. The minimum absolute atomic E-state index is 0. The van der Waals surface area contributed by atoms with Crippen molar-refractivity contribution < 1.29 is 14.3 Å². The first-order valence-electron chi connectivity index (χ1n) is 10.8. The second kappa shape index (κ2) is 13.9. The summed E-state index contributed by atoms with van der Waals surface area (Å²) in [6.45, 7) is 6.21. The van der Waals surface area contributed by atoms with E-state index in [1.807, 2.05) is 66.4 Å². The predicted molar refractivity (Wildman–Crippen MR) is 138 cm³/mol. The second-order valence-corrected chi connectivity index (χ2v) is 7.33. The molecular formula is C24H33IN4O3. The molecule has 1 unspecified atom stereocenters. The summed E-state index contributed by atoms with van der Waals surface area (Å²) < 4.78 is 10.6. The molecule has 0 saturated carbocycles. The van der Waals surface area contributed by atoms with Crippen molar-refractivity contribution in [1.29, 1.82) is 0 Å². The minimum Gasteiger partial charge on any atom is -0.497 e. The SMILES string of the molecule is CCNC(=NCc1ccc(OC)cc1)NCC(C(=O)N1CCOCC1)c1ccccc1.I. The smallest absolute Gasteiger partial charge is 0.232 e. The lowest BCUT2D eigenvalue weighted by Crippen LogP contribution is -2.47. The molecule has 0 radical (unpaired) electrons. The molecule has 0 bridgehead atoms. The van der Waals surface area contributed by atoms with Gasteiger partial charge in [0, 0.05) is 26.2 Å². The highest BCUT2D eigenvalue weighted by molar-refractivity contribution is 14.0. The van der Waals surface area contributed by atoms with Gasteiger partial charge in [-0.05, 0) is 30.2 Å². The van der Waals surface area contributed by atoms with Gasteiger partial charge < -0.3 is 25.0 Å². The van der Waals surface area contributed by atoms with Crippen molar-refractivity contribution in [3.63, 3.8) is 0 Å². The lowest BCUT2D eigenvalue weighted by atomic mass is 9.97. The summed E-state index contributed by atoms with van der Waals surface area (Å²) in [7, 11) is 1.65. The molecule has 1 amide bonds. The van der Waals surface area contributed by atoms with Crippen LogP contribution in [0.1, 0.15) is 24.0 Å². The van der Waals surface area contributed by atoms with E-state index in [-0.39, 0.29) is 35.8 Å². The zero-order chi connectivity index (χ0) is 21.9. The first-order chi connectivity index (χ1) is 15.2. The summed E-state index contributed by atoms with van der Waals surface area (Å²) >= 11 is 0. The van der Waals surface area contributed by atoms with Crippen LogP contribution in [0.2, 0.25) is 0 Å². The standard InChI is InChI=1S/C24H32N4O3.HI/c1-3-25-24(26-17-19-9-11-21(30-2)12-10-19)27-18-22(20-7-5-4-6-8-20)23(29)28-13-15-31-16-14-28;/h4-12,22H,3,13-18H2,1-2H3,(H2,25,26,27);1H. The van der Waals surface area contributed by atoms with Crippen LogP contribution in [0.15, 0.2) is 59.6 Å². The van der Waals surface area contributed by atoms with E-state index in [0.717, 1.165) is 23.4 Å². The van der Waals surface area contributed by atoms with Crippen molar-refractivity contribution in [2.45, 2.75) is 19.4 Å². The van der Waals surface area contributed by atoms with Gasteiger partial charge in [0.15, 0.2) is 5.96 Å². The van der Waals surface area contributed by atoms with Crippen LogP contribution in [0.5, 0.6) is 5.75 Å².